The van der Waals surface area contributed by atoms with Gasteiger partial charge in [-0.1, -0.05) is 23.4 Å². The first-order valence-corrected chi connectivity index (χ1v) is 7.75. The van der Waals surface area contributed by atoms with Crippen molar-refractivity contribution in [2.75, 3.05) is 11.0 Å². The lowest BCUT2D eigenvalue weighted by Crippen LogP contribution is -2.10. The Morgan fingerprint density at radius 1 is 1.26 bits per heavy atom. The Morgan fingerprint density at radius 2 is 1.95 bits per heavy atom. The molecule has 0 spiro atoms. The second kappa shape index (κ2) is 5.00. The number of aromatic nitrogens is 3. The maximum atomic E-state index is 11.3. The maximum absolute atomic E-state index is 11.3. The summed E-state index contributed by atoms with van der Waals surface area (Å²) >= 11 is 0. The lowest BCUT2D eigenvalue weighted by molar-refractivity contribution is 0.514. The topological polar surface area (TPSA) is 76.9 Å². The molecule has 0 unspecified atom stereocenters. The first-order valence-electron chi connectivity index (χ1n) is 5.86. The number of sulfonamides is 1. The third-order valence-corrected chi connectivity index (χ3v) is 3.13. The second-order valence-corrected chi connectivity index (χ2v) is 6.35. The van der Waals surface area contributed by atoms with E-state index < -0.39 is 10.0 Å². The molecule has 2 rings (SSSR count). The van der Waals surface area contributed by atoms with Crippen molar-refractivity contribution in [2.24, 2.45) is 0 Å². The summed E-state index contributed by atoms with van der Waals surface area (Å²) in [6.45, 7) is 4.00. The summed E-state index contributed by atoms with van der Waals surface area (Å²) < 4.78 is 26.9. The van der Waals surface area contributed by atoms with Crippen LogP contribution in [0.15, 0.2) is 30.5 Å². The fraction of sp³-hybridized carbons (Fsp3) is 0.333. The van der Waals surface area contributed by atoms with E-state index in [0.717, 1.165) is 6.26 Å². The quantitative estimate of drug-likeness (QED) is 0.928. The van der Waals surface area contributed by atoms with Gasteiger partial charge in [-0.15, -0.1) is 5.10 Å². The summed E-state index contributed by atoms with van der Waals surface area (Å²) in [5.41, 5.74) is 1.85. The van der Waals surface area contributed by atoms with Gasteiger partial charge >= 0.3 is 0 Å². The highest BCUT2D eigenvalue weighted by Crippen LogP contribution is 2.26. The minimum Gasteiger partial charge on any atom is -0.283 e. The van der Waals surface area contributed by atoms with Gasteiger partial charge in [-0.05, 0) is 19.9 Å². The van der Waals surface area contributed by atoms with Crippen molar-refractivity contribution >= 4 is 15.7 Å². The number of nitrogens with one attached hydrogen (secondary N) is 1. The van der Waals surface area contributed by atoms with Crippen molar-refractivity contribution in [1.29, 1.82) is 0 Å². The molecule has 0 aliphatic rings. The SMILES string of the molecule is CC(C)n1cc(-c2ccccc2NS(C)(=O)=O)nn1. The van der Waals surface area contributed by atoms with Crippen LogP contribution in [0.4, 0.5) is 5.69 Å². The Hall–Kier alpha value is -1.89. The van der Waals surface area contributed by atoms with Crippen molar-refractivity contribution in [2.45, 2.75) is 19.9 Å². The number of para-hydroxylation sites is 1. The number of benzene rings is 1. The van der Waals surface area contributed by atoms with Gasteiger partial charge in [-0.3, -0.25) is 4.72 Å². The minimum absolute atomic E-state index is 0.205. The molecule has 0 fully saturated rings. The zero-order valence-corrected chi connectivity index (χ0v) is 11.8. The highest BCUT2D eigenvalue weighted by Gasteiger charge is 2.12. The Bertz CT molecular complexity index is 677. The number of anilines is 1. The summed E-state index contributed by atoms with van der Waals surface area (Å²) in [6.07, 6.45) is 2.92. The summed E-state index contributed by atoms with van der Waals surface area (Å²) in [6, 6.07) is 7.31. The molecule has 0 atom stereocenters. The molecular weight excluding hydrogens is 264 g/mol. The molecule has 7 heteroatoms. The van der Waals surface area contributed by atoms with Gasteiger partial charge in [0, 0.05) is 11.6 Å². The lowest BCUT2D eigenvalue weighted by Gasteiger charge is -2.08. The molecule has 1 N–H and O–H groups in total. The van der Waals surface area contributed by atoms with Crippen LogP contribution in [-0.2, 0) is 10.0 Å². The zero-order chi connectivity index (χ0) is 14.0. The highest BCUT2D eigenvalue weighted by atomic mass is 32.2. The molecule has 0 aliphatic heterocycles. The second-order valence-electron chi connectivity index (χ2n) is 4.60. The third kappa shape index (κ3) is 3.31. The van der Waals surface area contributed by atoms with Crippen LogP contribution in [0.5, 0.6) is 0 Å². The molecule has 0 radical (unpaired) electrons. The largest absolute Gasteiger partial charge is 0.283 e. The van der Waals surface area contributed by atoms with Crippen molar-refractivity contribution < 1.29 is 8.42 Å². The van der Waals surface area contributed by atoms with Crippen LogP contribution < -0.4 is 4.72 Å². The zero-order valence-electron chi connectivity index (χ0n) is 11.0. The van der Waals surface area contributed by atoms with E-state index in [1.54, 1.807) is 23.0 Å². The van der Waals surface area contributed by atoms with Crippen LogP contribution in [0.25, 0.3) is 11.3 Å². The van der Waals surface area contributed by atoms with Crippen LogP contribution in [0.1, 0.15) is 19.9 Å². The van der Waals surface area contributed by atoms with E-state index in [9.17, 15) is 8.42 Å². The van der Waals surface area contributed by atoms with E-state index in [-0.39, 0.29) is 6.04 Å². The Kier molecular flexibility index (Phi) is 3.57. The summed E-state index contributed by atoms with van der Waals surface area (Å²) in [7, 11) is -3.32. The molecule has 1 aromatic carbocycles. The van der Waals surface area contributed by atoms with Gasteiger partial charge < -0.3 is 0 Å². The van der Waals surface area contributed by atoms with Crippen molar-refractivity contribution in [3.05, 3.63) is 30.5 Å². The molecule has 1 heterocycles. The van der Waals surface area contributed by atoms with Crippen LogP contribution in [-0.4, -0.2) is 29.7 Å². The monoisotopic (exact) mass is 280 g/mol. The predicted molar refractivity (Wildman–Crippen MR) is 74.3 cm³/mol. The number of rotatable bonds is 4. The highest BCUT2D eigenvalue weighted by molar-refractivity contribution is 7.92. The van der Waals surface area contributed by atoms with Gasteiger partial charge in [-0.2, -0.15) is 0 Å². The van der Waals surface area contributed by atoms with E-state index in [2.05, 4.69) is 15.0 Å². The minimum atomic E-state index is -3.32. The van der Waals surface area contributed by atoms with Gasteiger partial charge in [0.15, 0.2) is 0 Å². The molecule has 19 heavy (non-hydrogen) atoms. The molecule has 0 amide bonds. The maximum Gasteiger partial charge on any atom is 0.229 e. The van der Waals surface area contributed by atoms with E-state index in [1.165, 1.54) is 0 Å². The van der Waals surface area contributed by atoms with Crippen LogP contribution in [0.3, 0.4) is 0 Å². The smallest absolute Gasteiger partial charge is 0.229 e. The summed E-state index contributed by atoms with van der Waals surface area (Å²) in [5.74, 6) is 0. The van der Waals surface area contributed by atoms with Gasteiger partial charge in [0.25, 0.3) is 0 Å². The van der Waals surface area contributed by atoms with E-state index >= 15 is 0 Å². The van der Waals surface area contributed by atoms with Gasteiger partial charge in [0.2, 0.25) is 10.0 Å². The van der Waals surface area contributed by atoms with Gasteiger partial charge in [0.1, 0.15) is 5.69 Å². The van der Waals surface area contributed by atoms with Crippen LogP contribution >= 0.6 is 0 Å². The molecule has 0 saturated carbocycles. The molecule has 0 saturated heterocycles. The number of hydrogen-bond acceptors (Lipinski definition) is 4. The Morgan fingerprint density at radius 3 is 2.53 bits per heavy atom. The van der Waals surface area contributed by atoms with Crippen LogP contribution in [0, 0.1) is 0 Å². The van der Waals surface area contributed by atoms with E-state index in [0.29, 0.717) is 16.9 Å². The number of hydrogen-bond donors (Lipinski definition) is 1. The molecule has 1 aromatic heterocycles. The summed E-state index contributed by atoms with van der Waals surface area (Å²) in [5, 5.41) is 8.10. The Balaban J connectivity index is 2.44. The van der Waals surface area contributed by atoms with E-state index in [1.807, 2.05) is 26.0 Å². The molecule has 0 aliphatic carbocycles. The summed E-state index contributed by atoms with van der Waals surface area (Å²) in [4.78, 5) is 0. The van der Waals surface area contributed by atoms with E-state index in [4.69, 9.17) is 0 Å². The standard InChI is InChI=1S/C12H16N4O2S/c1-9(2)16-8-12(13-15-16)10-6-4-5-7-11(10)14-19(3,17)18/h4-9,14H,1-3H3. The lowest BCUT2D eigenvalue weighted by atomic mass is 10.1. The third-order valence-electron chi connectivity index (χ3n) is 2.54. The fourth-order valence-corrected chi connectivity index (χ4v) is 2.23. The first-order chi connectivity index (χ1) is 8.87. The molecule has 6 nitrogen and oxygen atoms in total. The van der Waals surface area contributed by atoms with Crippen molar-refractivity contribution in [3.8, 4) is 11.3 Å². The average Bonchev–Trinajstić information content (AvgIpc) is 2.76. The van der Waals surface area contributed by atoms with Gasteiger partial charge in [-0.25, -0.2) is 13.1 Å². The fourth-order valence-electron chi connectivity index (χ4n) is 1.65. The van der Waals surface area contributed by atoms with Crippen molar-refractivity contribution in [1.82, 2.24) is 15.0 Å². The molecular formula is C12H16N4O2S. The van der Waals surface area contributed by atoms with Crippen molar-refractivity contribution in [3.63, 3.8) is 0 Å². The molecule has 2 aromatic rings. The van der Waals surface area contributed by atoms with Gasteiger partial charge in [0.05, 0.1) is 18.1 Å². The molecule has 0 bridgehead atoms. The normalized spacial score (nSPS) is 11.8. The average molecular weight is 280 g/mol. The Labute approximate surface area is 112 Å². The number of nitrogens with zero attached hydrogens (tertiary/aromatic N) is 3. The first kappa shape index (κ1) is 13.5. The molecule has 102 valence electrons. The predicted octanol–water partition coefficient (Wildman–Crippen LogP) is 1.90. The van der Waals surface area contributed by atoms with Crippen LogP contribution in [0.2, 0.25) is 0 Å².